The van der Waals surface area contributed by atoms with Crippen LogP contribution in [0.5, 0.6) is 11.5 Å². The fourth-order valence-corrected chi connectivity index (χ4v) is 3.24. The van der Waals surface area contributed by atoms with Crippen LogP contribution in [0.3, 0.4) is 0 Å². The number of benzene rings is 2. The van der Waals surface area contributed by atoms with Crippen molar-refractivity contribution in [1.82, 2.24) is 15.1 Å². The van der Waals surface area contributed by atoms with Gasteiger partial charge in [0.25, 0.3) is 5.91 Å². The van der Waals surface area contributed by atoms with Crippen LogP contribution in [-0.2, 0) is 9.53 Å². The number of methoxy groups -OCH3 is 1. The number of aromatic nitrogens is 2. The van der Waals surface area contributed by atoms with Crippen LogP contribution in [0, 0.1) is 0 Å². The van der Waals surface area contributed by atoms with Crippen molar-refractivity contribution >= 4 is 29.0 Å². The second-order valence-corrected chi connectivity index (χ2v) is 6.68. The van der Waals surface area contributed by atoms with E-state index in [0.717, 1.165) is 22.2 Å². The van der Waals surface area contributed by atoms with Crippen LogP contribution in [0.25, 0.3) is 23.1 Å². The lowest BCUT2D eigenvalue weighted by Gasteiger charge is -2.26. The number of aromatic amines is 1. The smallest absolute Gasteiger partial charge is 0.260 e. The first-order chi connectivity index (χ1) is 14.2. The normalized spacial score (nSPS) is 14.4. The van der Waals surface area contributed by atoms with E-state index < -0.39 is 0 Å². The number of nitrogens with zero attached hydrogens (tertiary/aromatic N) is 2. The monoisotopic (exact) mass is 393 g/mol. The van der Waals surface area contributed by atoms with Gasteiger partial charge in [-0.15, -0.1) is 0 Å². The molecule has 0 radical (unpaired) electrons. The largest absolute Gasteiger partial charge is 0.493 e. The fourth-order valence-electron chi connectivity index (χ4n) is 3.24. The van der Waals surface area contributed by atoms with Gasteiger partial charge < -0.3 is 19.1 Å². The number of para-hydroxylation sites is 1. The zero-order valence-electron chi connectivity index (χ0n) is 16.3. The van der Waals surface area contributed by atoms with E-state index in [-0.39, 0.29) is 12.5 Å². The lowest BCUT2D eigenvalue weighted by molar-refractivity contribution is -0.137. The molecule has 1 saturated heterocycles. The molecule has 7 nitrogen and oxygen atoms in total. The molecule has 1 fully saturated rings. The van der Waals surface area contributed by atoms with Crippen LogP contribution >= 0.6 is 0 Å². The first-order valence-corrected chi connectivity index (χ1v) is 9.52. The van der Waals surface area contributed by atoms with E-state index >= 15 is 0 Å². The molecule has 7 heteroatoms. The number of nitrogens with one attached hydrogen (secondary N) is 1. The summed E-state index contributed by atoms with van der Waals surface area (Å²) in [5.74, 6) is 1.06. The Labute approximate surface area is 168 Å². The number of hydrogen-bond donors (Lipinski definition) is 1. The highest BCUT2D eigenvalue weighted by molar-refractivity contribution is 5.89. The first kappa shape index (κ1) is 19.0. The number of rotatable bonds is 6. The molecule has 1 N–H and O–H groups in total. The number of amides is 1. The molecule has 1 aliphatic rings. The number of morpholine rings is 1. The third-order valence-corrected chi connectivity index (χ3v) is 4.84. The van der Waals surface area contributed by atoms with Crippen molar-refractivity contribution in [3.8, 4) is 11.5 Å². The van der Waals surface area contributed by atoms with E-state index in [9.17, 15) is 4.79 Å². The SMILES string of the molecule is COc1cc(/C=C/c2n[nH]c3ccccc23)ccc1OCC(=O)N1CCOCC1. The van der Waals surface area contributed by atoms with E-state index in [1.54, 1.807) is 12.0 Å². The summed E-state index contributed by atoms with van der Waals surface area (Å²) >= 11 is 0. The van der Waals surface area contributed by atoms with Crippen molar-refractivity contribution in [2.45, 2.75) is 0 Å². The minimum atomic E-state index is -0.0512. The standard InChI is InChI=1S/C22H23N3O4/c1-27-21-14-16(6-8-19-17-4-2-3-5-18(17)23-24-19)7-9-20(21)29-15-22(26)25-10-12-28-13-11-25/h2-9,14H,10-13,15H2,1H3,(H,23,24)/b8-6+. The topological polar surface area (TPSA) is 76.7 Å². The number of ether oxygens (including phenoxy) is 3. The van der Waals surface area contributed by atoms with Crippen molar-refractivity contribution < 1.29 is 19.0 Å². The molecular formula is C22H23N3O4. The molecule has 0 saturated carbocycles. The van der Waals surface area contributed by atoms with E-state index in [0.29, 0.717) is 37.8 Å². The van der Waals surface area contributed by atoms with Gasteiger partial charge in [-0.1, -0.05) is 30.3 Å². The van der Waals surface area contributed by atoms with Gasteiger partial charge in [0, 0.05) is 18.5 Å². The van der Waals surface area contributed by atoms with Crippen LogP contribution in [0.15, 0.2) is 42.5 Å². The molecule has 0 aliphatic carbocycles. The number of H-pyrrole nitrogens is 1. The molecule has 1 aliphatic heterocycles. The Bertz CT molecular complexity index is 1020. The Morgan fingerprint density at radius 2 is 2.00 bits per heavy atom. The van der Waals surface area contributed by atoms with Gasteiger partial charge in [-0.3, -0.25) is 9.89 Å². The summed E-state index contributed by atoms with van der Waals surface area (Å²) in [6, 6.07) is 13.6. The molecular weight excluding hydrogens is 370 g/mol. The molecule has 29 heavy (non-hydrogen) atoms. The lowest BCUT2D eigenvalue weighted by atomic mass is 10.1. The van der Waals surface area contributed by atoms with Crippen molar-refractivity contribution in [2.75, 3.05) is 40.0 Å². The quantitative estimate of drug-likeness (QED) is 0.697. The van der Waals surface area contributed by atoms with Crippen LogP contribution in [0.4, 0.5) is 0 Å². The van der Waals surface area contributed by atoms with Gasteiger partial charge in [0.15, 0.2) is 18.1 Å². The second kappa shape index (κ2) is 8.79. The highest BCUT2D eigenvalue weighted by Gasteiger charge is 2.18. The molecule has 150 valence electrons. The van der Waals surface area contributed by atoms with E-state index in [4.69, 9.17) is 14.2 Å². The number of carbonyl (C=O) groups is 1. The molecule has 2 heterocycles. The predicted octanol–water partition coefficient (Wildman–Crippen LogP) is 2.98. The molecule has 0 unspecified atom stereocenters. The van der Waals surface area contributed by atoms with Crippen LogP contribution < -0.4 is 9.47 Å². The molecule has 1 aromatic heterocycles. The minimum Gasteiger partial charge on any atom is -0.493 e. The van der Waals surface area contributed by atoms with E-state index in [2.05, 4.69) is 10.2 Å². The Balaban J connectivity index is 1.44. The summed E-state index contributed by atoms with van der Waals surface area (Å²) in [5.41, 5.74) is 2.82. The first-order valence-electron chi connectivity index (χ1n) is 9.52. The highest BCUT2D eigenvalue weighted by atomic mass is 16.5. The number of fused-ring (bicyclic) bond motifs is 1. The molecule has 0 bridgehead atoms. The average Bonchev–Trinajstić information content (AvgIpc) is 3.20. The van der Waals surface area contributed by atoms with Gasteiger partial charge in [0.2, 0.25) is 0 Å². The third-order valence-electron chi connectivity index (χ3n) is 4.84. The van der Waals surface area contributed by atoms with Gasteiger partial charge in [-0.25, -0.2) is 0 Å². The van der Waals surface area contributed by atoms with Gasteiger partial charge in [-0.05, 0) is 29.8 Å². The lowest BCUT2D eigenvalue weighted by Crippen LogP contribution is -2.43. The van der Waals surface area contributed by atoms with Crippen molar-refractivity contribution in [3.05, 3.63) is 53.7 Å². The summed E-state index contributed by atoms with van der Waals surface area (Å²) in [6.07, 6.45) is 3.92. The van der Waals surface area contributed by atoms with Crippen molar-refractivity contribution in [2.24, 2.45) is 0 Å². The number of hydrogen-bond acceptors (Lipinski definition) is 5. The van der Waals surface area contributed by atoms with Gasteiger partial charge >= 0.3 is 0 Å². The molecule has 0 atom stereocenters. The molecule has 1 amide bonds. The maximum absolute atomic E-state index is 12.3. The molecule has 2 aromatic carbocycles. The van der Waals surface area contributed by atoms with Crippen LogP contribution in [0.2, 0.25) is 0 Å². The zero-order chi connectivity index (χ0) is 20.1. The Morgan fingerprint density at radius 1 is 1.17 bits per heavy atom. The predicted molar refractivity (Wildman–Crippen MR) is 111 cm³/mol. The summed E-state index contributed by atoms with van der Waals surface area (Å²) in [7, 11) is 1.58. The molecule has 0 spiro atoms. The fraction of sp³-hybridized carbons (Fsp3) is 0.273. The second-order valence-electron chi connectivity index (χ2n) is 6.68. The van der Waals surface area contributed by atoms with Crippen LogP contribution in [-0.4, -0.2) is 61.0 Å². The van der Waals surface area contributed by atoms with Gasteiger partial charge in [0.05, 0.1) is 31.5 Å². The Hall–Kier alpha value is -3.32. The summed E-state index contributed by atoms with van der Waals surface area (Å²) in [5, 5.41) is 8.43. The minimum absolute atomic E-state index is 0.0230. The Morgan fingerprint density at radius 3 is 2.83 bits per heavy atom. The van der Waals surface area contributed by atoms with Gasteiger partial charge in [-0.2, -0.15) is 5.10 Å². The highest BCUT2D eigenvalue weighted by Crippen LogP contribution is 2.29. The Kier molecular flexibility index (Phi) is 5.76. The average molecular weight is 393 g/mol. The summed E-state index contributed by atoms with van der Waals surface area (Å²) in [6.45, 7) is 2.32. The molecule has 3 aromatic rings. The number of carbonyl (C=O) groups excluding carboxylic acids is 1. The maximum atomic E-state index is 12.3. The summed E-state index contributed by atoms with van der Waals surface area (Å²) < 4.78 is 16.4. The van der Waals surface area contributed by atoms with E-state index in [1.807, 2.05) is 54.6 Å². The third kappa shape index (κ3) is 4.41. The van der Waals surface area contributed by atoms with Crippen LogP contribution in [0.1, 0.15) is 11.3 Å². The summed E-state index contributed by atoms with van der Waals surface area (Å²) in [4.78, 5) is 14.0. The van der Waals surface area contributed by atoms with Crippen molar-refractivity contribution in [1.29, 1.82) is 0 Å². The van der Waals surface area contributed by atoms with Gasteiger partial charge in [0.1, 0.15) is 0 Å². The van der Waals surface area contributed by atoms with Crippen molar-refractivity contribution in [3.63, 3.8) is 0 Å². The molecule has 4 rings (SSSR count). The zero-order valence-corrected chi connectivity index (χ0v) is 16.3. The maximum Gasteiger partial charge on any atom is 0.260 e. The van der Waals surface area contributed by atoms with E-state index in [1.165, 1.54) is 0 Å².